The molecular formula is C12H7ClF5N3S. The lowest BCUT2D eigenvalue weighted by atomic mass is 10.1. The Kier molecular flexibility index (Phi) is 4.66. The van der Waals surface area contributed by atoms with Crippen molar-refractivity contribution in [3.63, 3.8) is 0 Å². The number of halogens is 6. The summed E-state index contributed by atoms with van der Waals surface area (Å²) in [5.74, 6) is -3.75. The van der Waals surface area contributed by atoms with Gasteiger partial charge in [0.05, 0.1) is 28.1 Å². The number of aromatic nitrogens is 1. The second-order valence-corrected chi connectivity index (χ2v) is 5.37. The van der Waals surface area contributed by atoms with E-state index < -0.39 is 34.0 Å². The van der Waals surface area contributed by atoms with Crippen molar-refractivity contribution in [2.45, 2.75) is 13.1 Å². The van der Waals surface area contributed by atoms with E-state index in [0.29, 0.717) is 11.2 Å². The molecule has 1 heterocycles. The van der Waals surface area contributed by atoms with Crippen molar-refractivity contribution in [3.05, 3.63) is 44.9 Å². The Hall–Kier alpha value is -1.74. The molecule has 3 nitrogen and oxygen atoms in total. The Morgan fingerprint density at radius 1 is 1.32 bits per heavy atom. The van der Waals surface area contributed by atoms with Crippen molar-refractivity contribution in [1.82, 2.24) is 4.98 Å². The minimum atomic E-state index is -5.04. The van der Waals surface area contributed by atoms with Crippen molar-refractivity contribution in [3.8, 4) is 0 Å². The molecule has 0 aliphatic carbocycles. The van der Waals surface area contributed by atoms with Crippen molar-refractivity contribution < 1.29 is 22.0 Å². The molecule has 22 heavy (non-hydrogen) atoms. The number of hydrogen-bond donors (Lipinski definition) is 1. The van der Waals surface area contributed by atoms with Gasteiger partial charge in [-0.3, -0.25) is 5.43 Å². The lowest BCUT2D eigenvalue weighted by molar-refractivity contribution is -0.140. The van der Waals surface area contributed by atoms with Crippen LogP contribution in [0.25, 0.3) is 0 Å². The number of alkyl halides is 3. The summed E-state index contributed by atoms with van der Waals surface area (Å²) >= 11 is 6.78. The maximum atomic E-state index is 13.7. The van der Waals surface area contributed by atoms with Gasteiger partial charge in [-0.15, -0.1) is 11.3 Å². The molecule has 0 fully saturated rings. The summed E-state index contributed by atoms with van der Waals surface area (Å²) in [5.41, 5.74) is 0.811. The minimum Gasteiger partial charge on any atom is -0.253 e. The number of nitrogens with zero attached hydrogens (tertiary/aromatic N) is 2. The third kappa shape index (κ3) is 3.53. The van der Waals surface area contributed by atoms with Crippen LogP contribution in [-0.2, 0) is 6.18 Å². The fraction of sp³-hybridized carbons (Fsp3) is 0.167. The highest BCUT2D eigenvalue weighted by Crippen LogP contribution is 2.35. The molecule has 0 atom stereocenters. The van der Waals surface area contributed by atoms with Gasteiger partial charge in [0.1, 0.15) is 0 Å². The zero-order valence-electron chi connectivity index (χ0n) is 10.8. The molecule has 118 valence electrons. The SMILES string of the molecule is Cc1csc(NN=Cc2c(Cl)cc(C(F)(F)F)c(F)c2F)n1. The molecule has 2 aromatic rings. The highest BCUT2D eigenvalue weighted by Gasteiger charge is 2.37. The van der Waals surface area contributed by atoms with Crippen LogP contribution in [0.5, 0.6) is 0 Å². The van der Waals surface area contributed by atoms with E-state index in [1.165, 1.54) is 11.3 Å². The van der Waals surface area contributed by atoms with E-state index in [0.717, 1.165) is 11.9 Å². The van der Waals surface area contributed by atoms with E-state index in [4.69, 9.17) is 11.6 Å². The van der Waals surface area contributed by atoms with Crippen molar-refractivity contribution in [1.29, 1.82) is 0 Å². The molecule has 0 amide bonds. The minimum absolute atomic E-state index is 0.314. The Labute approximate surface area is 130 Å². The summed E-state index contributed by atoms with van der Waals surface area (Å²) < 4.78 is 64.6. The van der Waals surface area contributed by atoms with Gasteiger partial charge in [0.2, 0.25) is 5.13 Å². The van der Waals surface area contributed by atoms with E-state index in [-0.39, 0.29) is 0 Å². The molecule has 10 heteroatoms. The Morgan fingerprint density at radius 3 is 2.55 bits per heavy atom. The monoisotopic (exact) mass is 355 g/mol. The molecule has 0 spiro atoms. The number of benzene rings is 1. The molecule has 0 saturated carbocycles. The second kappa shape index (κ2) is 6.17. The lowest BCUT2D eigenvalue weighted by Gasteiger charge is -2.11. The van der Waals surface area contributed by atoms with E-state index in [1.54, 1.807) is 12.3 Å². The predicted molar refractivity (Wildman–Crippen MR) is 74.4 cm³/mol. The van der Waals surface area contributed by atoms with Crippen LogP contribution < -0.4 is 5.43 Å². The van der Waals surface area contributed by atoms with Gasteiger partial charge < -0.3 is 0 Å². The van der Waals surface area contributed by atoms with Gasteiger partial charge in [-0.05, 0) is 13.0 Å². The molecule has 0 aliphatic rings. The van der Waals surface area contributed by atoms with Crippen LogP contribution in [-0.4, -0.2) is 11.2 Å². The van der Waals surface area contributed by atoms with E-state index >= 15 is 0 Å². The fourth-order valence-corrected chi connectivity index (χ4v) is 2.37. The van der Waals surface area contributed by atoms with Gasteiger partial charge >= 0.3 is 6.18 Å². The predicted octanol–water partition coefficient (Wildman–Crippen LogP) is 4.85. The number of anilines is 1. The third-order valence-corrected chi connectivity index (χ3v) is 3.65. The van der Waals surface area contributed by atoms with Gasteiger partial charge in [0, 0.05) is 5.38 Å². The van der Waals surface area contributed by atoms with E-state index in [2.05, 4.69) is 15.5 Å². The Morgan fingerprint density at radius 2 is 2.00 bits per heavy atom. The van der Waals surface area contributed by atoms with Crippen LogP contribution in [0.1, 0.15) is 16.8 Å². The molecule has 1 N–H and O–H groups in total. The van der Waals surface area contributed by atoms with Crippen LogP contribution >= 0.6 is 22.9 Å². The van der Waals surface area contributed by atoms with Gasteiger partial charge in [0.25, 0.3) is 0 Å². The lowest BCUT2D eigenvalue weighted by Crippen LogP contribution is -2.11. The van der Waals surface area contributed by atoms with Crippen LogP contribution in [0.3, 0.4) is 0 Å². The highest BCUT2D eigenvalue weighted by atomic mass is 35.5. The summed E-state index contributed by atoms with van der Waals surface area (Å²) in [7, 11) is 0. The quantitative estimate of drug-likeness (QED) is 0.370. The zero-order valence-corrected chi connectivity index (χ0v) is 12.4. The largest absolute Gasteiger partial charge is 0.419 e. The van der Waals surface area contributed by atoms with Crippen molar-refractivity contribution in [2.24, 2.45) is 5.10 Å². The molecule has 2 rings (SSSR count). The molecule has 0 aliphatic heterocycles. The molecular weight excluding hydrogens is 349 g/mol. The van der Waals surface area contributed by atoms with Crippen LogP contribution in [0.2, 0.25) is 5.02 Å². The number of rotatable bonds is 3. The normalized spacial score (nSPS) is 12.1. The van der Waals surface area contributed by atoms with E-state index in [1.807, 2.05) is 0 Å². The van der Waals surface area contributed by atoms with Gasteiger partial charge in [0.15, 0.2) is 11.6 Å². The molecule has 1 aromatic heterocycles. The first-order valence-corrected chi connectivity index (χ1v) is 6.92. The standard InChI is InChI=1S/C12H7ClF5N3S/c1-5-4-22-11(20-5)21-19-3-6-8(13)2-7(12(16,17)18)10(15)9(6)14/h2-4H,1H3,(H,20,21). The molecule has 1 aromatic carbocycles. The Balaban J connectivity index is 2.30. The topological polar surface area (TPSA) is 37.3 Å². The maximum Gasteiger partial charge on any atom is 0.419 e. The first-order valence-electron chi connectivity index (χ1n) is 5.66. The first-order chi connectivity index (χ1) is 10.2. The number of hydrazone groups is 1. The molecule has 0 radical (unpaired) electrons. The van der Waals surface area contributed by atoms with Gasteiger partial charge in [-0.2, -0.15) is 18.3 Å². The van der Waals surface area contributed by atoms with Crippen molar-refractivity contribution >= 4 is 34.3 Å². The van der Waals surface area contributed by atoms with Crippen molar-refractivity contribution in [2.75, 3.05) is 5.43 Å². The first kappa shape index (κ1) is 16.6. The highest BCUT2D eigenvalue weighted by molar-refractivity contribution is 7.13. The fourth-order valence-electron chi connectivity index (χ4n) is 1.49. The smallest absolute Gasteiger partial charge is 0.253 e. The van der Waals surface area contributed by atoms with E-state index in [9.17, 15) is 22.0 Å². The molecule has 0 bridgehead atoms. The van der Waals surface area contributed by atoms with Gasteiger partial charge in [-0.25, -0.2) is 13.8 Å². The summed E-state index contributed by atoms with van der Waals surface area (Å²) in [6.07, 6.45) is -4.25. The van der Waals surface area contributed by atoms with Gasteiger partial charge in [-0.1, -0.05) is 11.6 Å². The maximum absolute atomic E-state index is 13.7. The van der Waals surface area contributed by atoms with Crippen LogP contribution in [0, 0.1) is 18.6 Å². The second-order valence-electron chi connectivity index (χ2n) is 4.11. The molecule has 0 unspecified atom stereocenters. The zero-order chi connectivity index (χ0) is 16.5. The average Bonchev–Trinajstić information content (AvgIpc) is 2.82. The van der Waals surface area contributed by atoms with Crippen LogP contribution in [0.15, 0.2) is 16.5 Å². The number of thiazole rings is 1. The number of hydrogen-bond acceptors (Lipinski definition) is 4. The summed E-state index contributed by atoms with van der Waals surface area (Å²) in [6, 6.07) is 0.314. The number of nitrogens with one attached hydrogen (secondary N) is 1. The summed E-state index contributed by atoms with van der Waals surface area (Å²) in [6.45, 7) is 1.74. The summed E-state index contributed by atoms with van der Waals surface area (Å²) in [4.78, 5) is 3.99. The Bertz CT molecular complexity index is 726. The summed E-state index contributed by atoms with van der Waals surface area (Å²) in [5, 5.41) is 5.09. The molecule has 0 saturated heterocycles. The van der Waals surface area contributed by atoms with Crippen LogP contribution in [0.4, 0.5) is 27.1 Å². The third-order valence-electron chi connectivity index (χ3n) is 2.47. The average molecular weight is 356 g/mol. The number of aryl methyl sites for hydroxylation is 1.